The summed E-state index contributed by atoms with van der Waals surface area (Å²) in [6.07, 6.45) is 1.25. The number of nitrogens with zero attached hydrogens (tertiary/aromatic N) is 3. The van der Waals surface area contributed by atoms with Gasteiger partial charge in [0.15, 0.2) is 0 Å². The van der Waals surface area contributed by atoms with Crippen molar-refractivity contribution < 1.29 is 18.5 Å². The minimum Gasteiger partial charge on any atom is -0.423 e. The van der Waals surface area contributed by atoms with Gasteiger partial charge in [0.1, 0.15) is 10.0 Å². The van der Waals surface area contributed by atoms with Crippen LogP contribution in [0, 0.1) is 6.92 Å². The molecule has 3 aromatic carbocycles. The Hall–Kier alpha value is -3.31. The van der Waals surface area contributed by atoms with Crippen molar-refractivity contribution in [2.24, 2.45) is 0 Å². The number of aryl methyl sites for hydroxylation is 1. The van der Waals surface area contributed by atoms with Crippen LogP contribution in [-0.4, -0.2) is 39.8 Å². The summed E-state index contributed by atoms with van der Waals surface area (Å²) in [7, 11) is -5.78. The fourth-order valence-electron chi connectivity index (χ4n) is 3.62. The first-order valence-corrected chi connectivity index (χ1v) is 12.3. The van der Waals surface area contributed by atoms with Crippen LogP contribution in [0.15, 0.2) is 83.9 Å². The van der Waals surface area contributed by atoms with Gasteiger partial charge < -0.3 is 10.0 Å². The van der Waals surface area contributed by atoms with Crippen molar-refractivity contribution in [1.29, 1.82) is 0 Å². The lowest BCUT2D eigenvalue weighted by Crippen LogP contribution is -2.29. The molecule has 0 saturated carbocycles. The standard InChI is InChI=1S/C23H18BN3O4S2/c1-15-7-10-18(11-8-15)33(30,31)27-14-20(24(28)29)19-13-17(9-12-21(19)27)23-26-25-22(32-23)16-5-3-2-4-6-16/h2-14,28-29H,1H3. The highest BCUT2D eigenvalue weighted by Crippen LogP contribution is 2.32. The predicted octanol–water partition coefficient (Wildman–Crippen LogP) is 3.05. The summed E-state index contributed by atoms with van der Waals surface area (Å²) in [4.78, 5) is 0.115. The predicted molar refractivity (Wildman–Crippen MR) is 130 cm³/mol. The fraction of sp³-hybridized carbons (Fsp3) is 0.0435. The van der Waals surface area contributed by atoms with Gasteiger partial charge in [-0.05, 0) is 37.3 Å². The first kappa shape index (κ1) is 21.5. The van der Waals surface area contributed by atoms with Gasteiger partial charge in [0.2, 0.25) is 0 Å². The van der Waals surface area contributed by atoms with E-state index in [2.05, 4.69) is 10.2 Å². The molecule has 5 aromatic rings. The minimum atomic E-state index is -3.94. The molecule has 0 unspecified atom stereocenters. The Kier molecular flexibility index (Phi) is 5.37. The second-order valence-electron chi connectivity index (χ2n) is 7.58. The van der Waals surface area contributed by atoms with Crippen LogP contribution in [0.3, 0.4) is 0 Å². The van der Waals surface area contributed by atoms with Crippen LogP contribution < -0.4 is 5.46 Å². The van der Waals surface area contributed by atoms with Crippen molar-refractivity contribution in [3.63, 3.8) is 0 Å². The van der Waals surface area contributed by atoms with Gasteiger partial charge in [0.25, 0.3) is 10.0 Å². The van der Waals surface area contributed by atoms with E-state index in [-0.39, 0.29) is 10.4 Å². The molecule has 0 saturated heterocycles. The average Bonchev–Trinajstić information content (AvgIpc) is 3.45. The molecule has 0 aliphatic carbocycles. The molecule has 2 heterocycles. The van der Waals surface area contributed by atoms with E-state index in [1.165, 1.54) is 29.7 Å². The Bertz CT molecular complexity index is 1560. The van der Waals surface area contributed by atoms with Gasteiger partial charge in [-0.3, -0.25) is 0 Å². The van der Waals surface area contributed by atoms with Crippen LogP contribution in [0.25, 0.3) is 32.0 Å². The number of fused-ring (bicyclic) bond motifs is 1. The summed E-state index contributed by atoms with van der Waals surface area (Å²) in [5.74, 6) is 0. The van der Waals surface area contributed by atoms with Gasteiger partial charge in [-0.25, -0.2) is 12.4 Å². The molecule has 2 aromatic heterocycles. The van der Waals surface area contributed by atoms with E-state index in [4.69, 9.17) is 0 Å². The molecule has 10 heteroatoms. The fourth-order valence-corrected chi connectivity index (χ4v) is 5.85. The Morgan fingerprint density at radius 3 is 2.21 bits per heavy atom. The summed E-state index contributed by atoms with van der Waals surface area (Å²) in [5, 5.41) is 30.2. The second kappa shape index (κ2) is 8.24. The Morgan fingerprint density at radius 2 is 1.55 bits per heavy atom. The lowest BCUT2D eigenvalue weighted by atomic mass is 9.80. The minimum absolute atomic E-state index is 0.0929. The highest BCUT2D eigenvalue weighted by Gasteiger charge is 2.26. The van der Waals surface area contributed by atoms with Crippen LogP contribution in [0.5, 0.6) is 0 Å². The molecule has 7 nitrogen and oxygen atoms in total. The quantitative estimate of drug-likeness (QED) is 0.379. The molecule has 2 N–H and O–H groups in total. The molecule has 0 spiro atoms. The van der Waals surface area contributed by atoms with Crippen LogP contribution in [0.1, 0.15) is 5.56 Å². The lowest BCUT2D eigenvalue weighted by Gasteiger charge is -2.08. The zero-order chi connectivity index (χ0) is 23.2. The lowest BCUT2D eigenvalue weighted by molar-refractivity contribution is 0.426. The third-order valence-corrected chi connectivity index (χ3v) is 8.06. The summed E-state index contributed by atoms with van der Waals surface area (Å²) in [5.41, 5.74) is 3.03. The van der Waals surface area contributed by atoms with Crippen molar-refractivity contribution in [2.45, 2.75) is 11.8 Å². The highest BCUT2D eigenvalue weighted by molar-refractivity contribution is 7.90. The van der Waals surface area contributed by atoms with Crippen LogP contribution >= 0.6 is 11.3 Å². The number of benzene rings is 3. The van der Waals surface area contributed by atoms with Crippen molar-refractivity contribution in [3.8, 4) is 21.1 Å². The molecule has 0 aliphatic heterocycles. The second-order valence-corrected chi connectivity index (χ2v) is 10.4. The van der Waals surface area contributed by atoms with Gasteiger partial charge >= 0.3 is 7.12 Å². The summed E-state index contributed by atoms with van der Waals surface area (Å²) in [6, 6.07) is 21.3. The van der Waals surface area contributed by atoms with Crippen molar-refractivity contribution in [1.82, 2.24) is 14.2 Å². The maximum absolute atomic E-state index is 13.3. The molecular formula is C23H18BN3O4S2. The molecule has 164 valence electrons. The smallest absolute Gasteiger partial charge is 0.423 e. The summed E-state index contributed by atoms with van der Waals surface area (Å²) in [6.45, 7) is 1.87. The first-order valence-electron chi connectivity index (χ1n) is 10.1. The Morgan fingerprint density at radius 1 is 0.879 bits per heavy atom. The molecule has 0 fully saturated rings. The molecule has 0 bridgehead atoms. The molecule has 5 rings (SSSR count). The van der Waals surface area contributed by atoms with Crippen LogP contribution in [-0.2, 0) is 10.0 Å². The van der Waals surface area contributed by atoms with E-state index in [1.54, 1.807) is 30.3 Å². The normalized spacial score (nSPS) is 11.7. The van der Waals surface area contributed by atoms with E-state index >= 15 is 0 Å². The SMILES string of the molecule is Cc1ccc(S(=O)(=O)n2cc(B(O)O)c3cc(-c4nnc(-c5ccccc5)s4)ccc32)cc1. The zero-order valence-electron chi connectivity index (χ0n) is 17.5. The van der Waals surface area contributed by atoms with E-state index in [9.17, 15) is 18.5 Å². The molecule has 0 radical (unpaired) electrons. The number of aromatic nitrogens is 3. The van der Waals surface area contributed by atoms with E-state index in [0.717, 1.165) is 20.1 Å². The molecule has 33 heavy (non-hydrogen) atoms. The summed E-state index contributed by atoms with van der Waals surface area (Å²) >= 11 is 1.40. The van der Waals surface area contributed by atoms with Gasteiger partial charge in [-0.2, -0.15) is 0 Å². The topological polar surface area (TPSA) is 105 Å². The van der Waals surface area contributed by atoms with E-state index in [0.29, 0.717) is 21.5 Å². The van der Waals surface area contributed by atoms with Crippen LogP contribution in [0.4, 0.5) is 0 Å². The third kappa shape index (κ3) is 3.87. The highest BCUT2D eigenvalue weighted by atomic mass is 32.2. The zero-order valence-corrected chi connectivity index (χ0v) is 19.1. The Labute approximate surface area is 194 Å². The number of hydrogen-bond donors (Lipinski definition) is 2. The molecule has 0 aliphatic rings. The summed E-state index contributed by atoms with van der Waals surface area (Å²) < 4.78 is 27.7. The van der Waals surface area contributed by atoms with Gasteiger partial charge in [0.05, 0.1) is 10.4 Å². The maximum Gasteiger partial charge on any atom is 0.490 e. The number of rotatable bonds is 5. The number of hydrogen-bond acceptors (Lipinski definition) is 7. The van der Waals surface area contributed by atoms with Gasteiger partial charge in [-0.1, -0.05) is 59.4 Å². The van der Waals surface area contributed by atoms with Gasteiger partial charge in [0, 0.05) is 28.2 Å². The molecule has 0 amide bonds. The monoisotopic (exact) mass is 475 g/mol. The molecule has 0 atom stereocenters. The first-order chi connectivity index (χ1) is 15.8. The average molecular weight is 475 g/mol. The largest absolute Gasteiger partial charge is 0.490 e. The van der Waals surface area contributed by atoms with Crippen LogP contribution in [0.2, 0.25) is 0 Å². The van der Waals surface area contributed by atoms with Crippen molar-refractivity contribution in [2.75, 3.05) is 0 Å². The Balaban J connectivity index is 1.63. The van der Waals surface area contributed by atoms with Crippen molar-refractivity contribution in [3.05, 3.63) is 84.6 Å². The van der Waals surface area contributed by atoms with Crippen molar-refractivity contribution >= 4 is 44.8 Å². The molecular weight excluding hydrogens is 457 g/mol. The van der Waals surface area contributed by atoms with E-state index in [1.807, 2.05) is 37.3 Å². The maximum atomic E-state index is 13.3. The van der Waals surface area contributed by atoms with E-state index < -0.39 is 17.1 Å². The third-order valence-electron chi connectivity index (χ3n) is 5.35. The van der Waals surface area contributed by atoms with Gasteiger partial charge in [-0.15, -0.1) is 10.2 Å².